The van der Waals surface area contributed by atoms with Crippen molar-refractivity contribution in [2.75, 3.05) is 61.9 Å². The molecule has 246 valence electrons. The van der Waals surface area contributed by atoms with Crippen molar-refractivity contribution in [3.8, 4) is 5.75 Å². The second kappa shape index (κ2) is 14.1. The number of nitrogens with one attached hydrogen (secondary N) is 2. The number of aromatic nitrogens is 2. The van der Waals surface area contributed by atoms with Gasteiger partial charge in [0.05, 0.1) is 34.8 Å². The second-order valence-corrected chi connectivity index (χ2v) is 14.4. The first-order valence-corrected chi connectivity index (χ1v) is 17.1. The van der Waals surface area contributed by atoms with E-state index in [2.05, 4.69) is 30.4 Å². The molecule has 0 radical (unpaired) electrons. The van der Waals surface area contributed by atoms with E-state index in [9.17, 15) is 18.0 Å². The van der Waals surface area contributed by atoms with Crippen LogP contribution in [0.5, 0.6) is 5.75 Å². The van der Waals surface area contributed by atoms with E-state index in [-0.39, 0.29) is 21.7 Å². The smallest absolute Gasteiger partial charge is 0.311 e. The Balaban J connectivity index is 1.23. The summed E-state index contributed by atoms with van der Waals surface area (Å²) < 4.78 is 31.6. The molecular formula is C31H39ClN8O5S. The van der Waals surface area contributed by atoms with Crippen molar-refractivity contribution in [2.24, 2.45) is 5.73 Å². The Labute approximate surface area is 274 Å². The lowest BCUT2D eigenvalue weighted by atomic mass is 10.0. The first-order chi connectivity index (χ1) is 22.0. The number of carbonyl (C=O) groups excluding carboxylic acids is 2. The van der Waals surface area contributed by atoms with Crippen LogP contribution in [0.25, 0.3) is 0 Å². The van der Waals surface area contributed by atoms with Crippen molar-refractivity contribution < 1.29 is 22.7 Å². The number of benzene rings is 2. The largest absolute Gasteiger partial charge is 0.494 e. The summed E-state index contributed by atoms with van der Waals surface area (Å²) in [6.07, 6.45) is 3.39. The molecule has 0 spiro atoms. The highest BCUT2D eigenvalue weighted by molar-refractivity contribution is 7.92. The molecule has 2 fully saturated rings. The molecular weight excluding hydrogens is 632 g/mol. The lowest BCUT2D eigenvalue weighted by molar-refractivity contribution is -0.145. The number of piperazine rings is 1. The third kappa shape index (κ3) is 7.29. The number of halogens is 1. The number of sulfone groups is 1. The van der Waals surface area contributed by atoms with Gasteiger partial charge in [0.1, 0.15) is 10.8 Å². The van der Waals surface area contributed by atoms with Crippen LogP contribution < -0.4 is 26.0 Å². The van der Waals surface area contributed by atoms with Crippen LogP contribution in [0.3, 0.4) is 0 Å². The molecule has 5 rings (SSSR count). The molecule has 0 unspecified atom stereocenters. The number of hydrogen-bond acceptors (Lipinski definition) is 11. The van der Waals surface area contributed by atoms with Gasteiger partial charge in [0, 0.05) is 57.1 Å². The maximum atomic E-state index is 12.9. The number of carbonyl (C=O) groups is 2. The number of para-hydroxylation sites is 1. The van der Waals surface area contributed by atoms with Gasteiger partial charge in [-0.05, 0) is 51.0 Å². The van der Waals surface area contributed by atoms with E-state index in [1.807, 2.05) is 18.2 Å². The Morgan fingerprint density at radius 1 is 1.00 bits per heavy atom. The van der Waals surface area contributed by atoms with Crippen molar-refractivity contribution in [2.45, 2.75) is 42.9 Å². The van der Waals surface area contributed by atoms with Gasteiger partial charge in [-0.25, -0.2) is 13.4 Å². The Bertz CT molecular complexity index is 1690. The summed E-state index contributed by atoms with van der Waals surface area (Å²) >= 11 is 6.40. The molecule has 2 aliphatic rings. The van der Waals surface area contributed by atoms with Crippen LogP contribution in [0.4, 0.5) is 28.8 Å². The number of ether oxygens (including phenoxy) is 1. The van der Waals surface area contributed by atoms with Crippen molar-refractivity contribution in [3.05, 3.63) is 53.7 Å². The number of nitrogens with zero attached hydrogens (tertiary/aromatic N) is 5. The Kier molecular flexibility index (Phi) is 10.2. The molecule has 0 saturated carbocycles. The third-order valence-electron chi connectivity index (χ3n) is 8.40. The van der Waals surface area contributed by atoms with Crippen LogP contribution in [-0.2, 0) is 19.4 Å². The molecule has 2 saturated heterocycles. The molecule has 3 heterocycles. The molecule has 4 N–H and O–H groups in total. The average molecular weight is 671 g/mol. The highest BCUT2D eigenvalue weighted by Crippen LogP contribution is 2.35. The van der Waals surface area contributed by atoms with E-state index >= 15 is 0 Å². The van der Waals surface area contributed by atoms with E-state index < -0.39 is 26.9 Å². The predicted octanol–water partition coefficient (Wildman–Crippen LogP) is 3.41. The SMILES string of the molecule is COc1cc(N2CCC(N3CCN(C(=O)C(N)=O)CC3)CC2)ccc1Nc1ncc(Cl)c(Nc2ccccc2S(=O)(=O)C(C)C)n1. The van der Waals surface area contributed by atoms with Gasteiger partial charge in [-0.1, -0.05) is 23.7 Å². The maximum Gasteiger partial charge on any atom is 0.311 e. The van der Waals surface area contributed by atoms with E-state index in [0.717, 1.165) is 44.7 Å². The molecule has 0 aliphatic carbocycles. The molecule has 2 aliphatic heterocycles. The maximum absolute atomic E-state index is 12.9. The zero-order chi connectivity index (χ0) is 33.0. The van der Waals surface area contributed by atoms with Crippen LogP contribution >= 0.6 is 11.6 Å². The fourth-order valence-electron chi connectivity index (χ4n) is 5.75. The number of nitrogens with two attached hydrogens (primary N) is 1. The lowest BCUT2D eigenvalue weighted by Crippen LogP contribution is -2.56. The standard InChI is InChI=1S/C31H39ClN8O5S/c1-20(2)46(43,44)27-7-5-4-6-25(27)35-29-23(32)19-34-31(37-29)36-24-9-8-22(18-26(24)45-3)38-12-10-21(11-13-38)39-14-16-40(17-15-39)30(42)28(33)41/h4-9,18-21H,10-17H2,1-3H3,(H2,33,41)(H2,34,35,36,37). The van der Waals surface area contributed by atoms with Gasteiger partial charge < -0.3 is 30.9 Å². The van der Waals surface area contributed by atoms with Crippen LogP contribution in [0.1, 0.15) is 26.7 Å². The summed E-state index contributed by atoms with van der Waals surface area (Å²) in [7, 11) is -1.95. The number of rotatable bonds is 9. The van der Waals surface area contributed by atoms with Gasteiger partial charge in [-0.15, -0.1) is 0 Å². The summed E-state index contributed by atoms with van der Waals surface area (Å²) in [6, 6.07) is 12.9. The number of anilines is 5. The zero-order valence-electron chi connectivity index (χ0n) is 26.1. The van der Waals surface area contributed by atoms with Gasteiger partial charge >= 0.3 is 11.8 Å². The molecule has 2 aromatic carbocycles. The monoisotopic (exact) mass is 670 g/mol. The van der Waals surface area contributed by atoms with Gasteiger partial charge in [-0.2, -0.15) is 4.98 Å². The van der Waals surface area contributed by atoms with Gasteiger partial charge in [0.25, 0.3) is 0 Å². The summed E-state index contributed by atoms with van der Waals surface area (Å²) in [5.41, 5.74) is 7.20. The minimum Gasteiger partial charge on any atom is -0.494 e. The summed E-state index contributed by atoms with van der Waals surface area (Å²) in [4.78, 5) is 38.4. The second-order valence-electron chi connectivity index (χ2n) is 11.5. The Morgan fingerprint density at radius 2 is 1.70 bits per heavy atom. The third-order valence-corrected chi connectivity index (χ3v) is 10.9. The zero-order valence-corrected chi connectivity index (χ0v) is 27.6. The number of amides is 2. The van der Waals surface area contributed by atoms with E-state index in [0.29, 0.717) is 36.3 Å². The molecule has 0 atom stereocenters. The average Bonchev–Trinajstić information content (AvgIpc) is 3.06. The molecule has 3 aromatic rings. The molecule has 0 bridgehead atoms. The molecule has 1 aromatic heterocycles. The highest BCUT2D eigenvalue weighted by atomic mass is 35.5. The predicted molar refractivity (Wildman–Crippen MR) is 178 cm³/mol. The number of hydrogen-bond donors (Lipinski definition) is 3. The van der Waals surface area contributed by atoms with Crippen LogP contribution in [0, 0.1) is 0 Å². The topological polar surface area (TPSA) is 163 Å². The molecule has 15 heteroatoms. The van der Waals surface area contributed by atoms with E-state index in [4.69, 9.17) is 22.1 Å². The van der Waals surface area contributed by atoms with Crippen molar-refractivity contribution in [1.29, 1.82) is 0 Å². The molecule has 2 amide bonds. The van der Waals surface area contributed by atoms with Crippen LogP contribution in [0.15, 0.2) is 53.6 Å². The lowest BCUT2D eigenvalue weighted by Gasteiger charge is -2.43. The minimum atomic E-state index is -3.55. The van der Waals surface area contributed by atoms with Gasteiger partial charge in [0.2, 0.25) is 5.95 Å². The highest BCUT2D eigenvalue weighted by Gasteiger charge is 2.30. The fourth-order valence-corrected chi connectivity index (χ4v) is 7.09. The van der Waals surface area contributed by atoms with Gasteiger partial charge in [-0.3, -0.25) is 14.5 Å². The van der Waals surface area contributed by atoms with Crippen LogP contribution in [0.2, 0.25) is 5.02 Å². The van der Waals surface area contributed by atoms with Crippen molar-refractivity contribution in [3.63, 3.8) is 0 Å². The van der Waals surface area contributed by atoms with Gasteiger partial charge in [0.15, 0.2) is 15.7 Å². The van der Waals surface area contributed by atoms with E-state index in [1.165, 1.54) is 11.1 Å². The first-order valence-electron chi connectivity index (χ1n) is 15.1. The summed E-state index contributed by atoms with van der Waals surface area (Å²) in [6.45, 7) is 7.48. The van der Waals surface area contributed by atoms with Crippen molar-refractivity contribution in [1.82, 2.24) is 19.8 Å². The number of piperidine rings is 1. The number of methoxy groups -OCH3 is 1. The summed E-state index contributed by atoms with van der Waals surface area (Å²) in [5.74, 6) is -0.401. The summed E-state index contributed by atoms with van der Waals surface area (Å²) in [5, 5.41) is 5.89. The fraction of sp³-hybridized carbons (Fsp3) is 0.419. The molecule has 46 heavy (non-hydrogen) atoms. The number of primary amides is 1. The normalized spacial score (nSPS) is 16.4. The minimum absolute atomic E-state index is 0.162. The Morgan fingerprint density at radius 3 is 2.35 bits per heavy atom. The quantitative estimate of drug-likeness (QED) is 0.286. The van der Waals surface area contributed by atoms with E-state index in [1.54, 1.807) is 45.2 Å². The Hall–Kier alpha value is -4.14. The van der Waals surface area contributed by atoms with Crippen molar-refractivity contribution >= 4 is 62.1 Å². The van der Waals surface area contributed by atoms with Crippen LogP contribution in [-0.4, -0.2) is 97.7 Å². The first kappa shape index (κ1) is 33.2. The molecule has 13 nitrogen and oxygen atoms in total.